The predicted octanol–water partition coefficient (Wildman–Crippen LogP) is 2.56. The van der Waals surface area contributed by atoms with Crippen molar-refractivity contribution in [2.24, 2.45) is 0 Å². The SMILES string of the molecule is CN(C)C1(CNc2cccc(N)c2)CCCC1. The summed E-state index contributed by atoms with van der Waals surface area (Å²) in [4.78, 5) is 2.37. The Kier molecular flexibility index (Phi) is 3.57. The lowest BCUT2D eigenvalue weighted by molar-refractivity contribution is 0.172. The fraction of sp³-hybridized carbons (Fsp3) is 0.571. The predicted molar refractivity (Wildman–Crippen MR) is 74.2 cm³/mol. The van der Waals surface area contributed by atoms with Crippen molar-refractivity contribution >= 4 is 11.4 Å². The molecule has 3 N–H and O–H groups in total. The van der Waals surface area contributed by atoms with E-state index >= 15 is 0 Å². The molecule has 1 aromatic carbocycles. The first kappa shape index (κ1) is 12.2. The van der Waals surface area contributed by atoms with Crippen LogP contribution in [0.2, 0.25) is 0 Å². The number of nitrogens with one attached hydrogen (secondary N) is 1. The number of hydrogen-bond donors (Lipinski definition) is 2. The van der Waals surface area contributed by atoms with Gasteiger partial charge in [0, 0.05) is 23.5 Å². The minimum Gasteiger partial charge on any atom is -0.399 e. The Bertz CT molecular complexity index is 367. The van der Waals surface area contributed by atoms with Crippen LogP contribution in [0.3, 0.4) is 0 Å². The maximum Gasteiger partial charge on any atom is 0.0375 e. The molecule has 3 heteroatoms. The highest BCUT2D eigenvalue weighted by molar-refractivity contribution is 5.54. The summed E-state index contributed by atoms with van der Waals surface area (Å²) in [5, 5.41) is 3.53. The van der Waals surface area contributed by atoms with Gasteiger partial charge in [0.1, 0.15) is 0 Å². The number of benzene rings is 1. The molecular formula is C14H23N3. The molecule has 0 heterocycles. The van der Waals surface area contributed by atoms with Crippen LogP contribution in [0.25, 0.3) is 0 Å². The van der Waals surface area contributed by atoms with Crippen molar-refractivity contribution in [2.75, 3.05) is 31.7 Å². The van der Waals surface area contributed by atoms with Crippen molar-refractivity contribution in [3.8, 4) is 0 Å². The molecular weight excluding hydrogens is 210 g/mol. The van der Waals surface area contributed by atoms with E-state index in [0.717, 1.165) is 17.9 Å². The summed E-state index contributed by atoms with van der Waals surface area (Å²) < 4.78 is 0. The molecule has 0 atom stereocenters. The highest BCUT2D eigenvalue weighted by atomic mass is 15.2. The molecule has 2 rings (SSSR count). The van der Waals surface area contributed by atoms with Gasteiger partial charge in [0.25, 0.3) is 0 Å². The van der Waals surface area contributed by atoms with E-state index in [2.05, 4.69) is 30.4 Å². The summed E-state index contributed by atoms with van der Waals surface area (Å²) in [5.74, 6) is 0. The van der Waals surface area contributed by atoms with Gasteiger partial charge in [0.2, 0.25) is 0 Å². The van der Waals surface area contributed by atoms with Crippen molar-refractivity contribution in [1.29, 1.82) is 0 Å². The van der Waals surface area contributed by atoms with Crippen LogP contribution in [-0.2, 0) is 0 Å². The Morgan fingerprint density at radius 3 is 2.59 bits per heavy atom. The fourth-order valence-corrected chi connectivity index (χ4v) is 2.73. The average molecular weight is 233 g/mol. The molecule has 94 valence electrons. The monoisotopic (exact) mass is 233 g/mol. The second kappa shape index (κ2) is 4.96. The molecule has 3 nitrogen and oxygen atoms in total. The van der Waals surface area contributed by atoms with Crippen molar-refractivity contribution < 1.29 is 0 Å². The minimum absolute atomic E-state index is 0.324. The van der Waals surface area contributed by atoms with Crippen LogP contribution < -0.4 is 11.1 Å². The highest BCUT2D eigenvalue weighted by Crippen LogP contribution is 2.34. The molecule has 1 saturated carbocycles. The van der Waals surface area contributed by atoms with Gasteiger partial charge in [0.05, 0.1) is 0 Å². The Hall–Kier alpha value is -1.22. The topological polar surface area (TPSA) is 41.3 Å². The third-order valence-electron chi connectivity index (χ3n) is 3.99. The molecule has 1 aliphatic carbocycles. The zero-order chi connectivity index (χ0) is 12.3. The first-order valence-electron chi connectivity index (χ1n) is 6.39. The van der Waals surface area contributed by atoms with Crippen LogP contribution in [-0.4, -0.2) is 31.1 Å². The molecule has 0 saturated heterocycles. The number of hydrogen-bond acceptors (Lipinski definition) is 3. The quantitative estimate of drug-likeness (QED) is 0.785. The summed E-state index contributed by atoms with van der Waals surface area (Å²) in [7, 11) is 4.37. The van der Waals surface area contributed by atoms with Gasteiger partial charge in [-0.2, -0.15) is 0 Å². The van der Waals surface area contributed by atoms with Gasteiger partial charge in [-0.25, -0.2) is 0 Å². The molecule has 0 spiro atoms. The highest BCUT2D eigenvalue weighted by Gasteiger charge is 2.35. The van der Waals surface area contributed by atoms with Crippen LogP contribution in [0.5, 0.6) is 0 Å². The van der Waals surface area contributed by atoms with Crippen LogP contribution in [0.4, 0.5) is 11.4 Å². The second-order valence-corrected chi connectivity index (χ2v) is 5.30. The number of nitrogens with zero attached hydrogens (tertiary/aromatic N) is 1. The summed E-state index contributed by atoms with van der Waals surface area (Å²) in [6.07, 6.45) is 5.26. The van der Waals surface area contributed by atoms with Crippen LogP contribution in [0, 0.1) is 0 Å². The van der Waals surface area contributed by atoms with E-state index in [1.54, 1.807) is 0 Å². The van der Waals surface area contributed by atoms with Crippen molar-refractivity contribution in [2.45, 2.75) is 31.2 Å². The van der Waals surface area contributed by atoms with E-state index in [4.69, 9.17) is 5.73 Å². The first-order valence-corrected chi connectivity index (χ1v) is 6.39. The van der Waals surface area contributed by atoms with Crippen molar-refractivity contribution in [3.63, 3.8) is 0 Å². The number of likely N-dealkylation sites (N-methyl/N-ethyl adjacent to an activating group) is 1. The molecule has 0 aromatic heterocycles. The van der Waals surface area contributed by atoms with Gasteiger partial charge in [-0.05, 0) is 45.1 Å². The lowest BCUT2D eigenvalue weighted by Gasteiger charge is -2.36. The Labute approximate surface area is 104 Å². The third kappa shape index (κ3) is 2.72. The molecule has 1 aliphatic rings. The van der Waals surface area contributed by atoms with Crippen LogP contribution in [0.1, 0.15) is 25.7 Å². The summed E-state index contributed by atoms with van der Waals surface area (Å²) in [6.45, 7) is 1.00. The zero-order valence-corrected chi connectivity index (χ0v) is 10.9. The minimum atomic E-state index is 0.324. The third-order valence-corrected chi connectivity index (χ3v) is 3.99. The Morgan fingerprint density at radius 1 is 1.29 bits per heavy atom. The van der Waals surface area contributed by atoms with E-state index in [1.807, 2.05) is 18.2 Å². The lowest BCUT2D eigenvalue weighted by Crippen LogP contribution is -2.47. The zero-order valence-electron chi connectivity index (χ0n) is 10.9. The Morgan fingerprint density at radius 2 is 2.00 bits per heavy atom. The number of nitrogen functional groups attached to an aromatic ring is 1. The molecule has 0 unspecified atom stereocenters. The van der Waals surface area contributed by atoms with E-state index in [1.165, 1.54) is 25.7 Å². The number of nitrogens with two attached hydrogens (primary N) is 1. The average Bonchev–Trinajstić information content (AvgIpc) is 2.76. The molecule has 0 bridgehead atoms. The van der Waals surface area contributed by atoms with Gasteiger partial charge < -0.3 is 16.0 Å². The van der Waals surface area contributed by atoms with E-state index in [0.29, 0.717) is 5.54 Å². The van der Waals surface area contributed by atoms with Gasteiger partial charge in [-0.3, -0.25) is 0 Å². The molecule has 0 radical (unpaired) electrons. The van der Waals surface area contributed by atoms with Gasteiger partial charge >= 0.3 is 0 Å². The number of anilines is 2. The maximum absolute atomic E-state index is 5.78. The first-order chi connectivity index (χ1) is 8.12. The standard InChI is InChI=1S/C14H23N3/c1-17(2)14(8-3-4-9-14)11-16-13-7-5-6-12(15)10-13/h5-7,10,16H,3-4,8-9,11,15H2,1-2H3. The lowest BCUT2D eigenvalue weighted by atomic mass is 9.96. The smallest absolute Gasteiger partial charge is 0.0375 e. The largest absolute Gasteiger partial charge is 0.399 e. The van der Waals surface area contributed by atoms with Gasteiger partial charge in [-0.1, -0.05) is 18.9 Å². The fourth-order valence-electron chi connectivity index (χ4n) is 2.73. The van der Waals surface area contributed by atoms with Gasteiger partial charge in [0.15, 0.2) is 0 Å². The molecule has 1 aromatic rings. The van der Waals surface area contributed by atoms with Crippen molar-refractivity contribution in [3.05, 3.63) is 24.3 Å². The summed E-state index contributed by atoms with van der Waals surface area (Å²) >= 11 is 0. The molecule has 0 amide bonds. The van der Waals surface area contributed by atoms with E-state index in [-0.39, 0.29) is 0 Å². The molecule has 1 fully saturated rings. The normalized spacial score (nSPS) is 18.5. The number of rotatable bonds is 4. The summed E-state index contributed by atoms with van der Waals surface area (Å²) in [6, 6.07) is 7.99. The van der Waals surface area contributed by atoms with Crippen LogP contribution >= 0.6 is 0 Å². The van der Waals surface area contributed by atoms with E-state index in [9.17, 15) is 0 Å². The molecule has 17 heavy (non-hydrogen) atoms. The Balaban J connectivity index is 2.01. The second-order valence-electron chi connectivity index (χ2n) is 5.30. The van der Waals surface area contributed by atoms with Crippen LogP contribution in [0.15, 0.2) is 24.3 Å². The molecule has 0 aliphatic heterocycles. The van der Waals surface area contributed by atoms with Gasteiger partial charge in [-0.15, -0.1) is 0 Å². The summed E-state index contributed by atoms with van der Waals surface area (Å²) in [5.41, 5.74) is 8.05. The van der Waals surface area contributed by atoms with Crippen molar-refractivity contribution in [1.82, 2.24) is 4.90 Å². The van der Waals surface area contributed by atoms with E-state index < -0.39 is 0 Å². The maximum atomic E-state index is 5.78.